The molecule has 4 aromatic rings. The van der Waals surface area contributed by atoms with Crippen LogP contribution in [-0.2, 0) is 82.7 Å². The molecule has 2 aliphatic heterocycles. The molecular weight excluding hydrogens is 1130 g/mol. The summed E-state index contributed by atoms with van der Waals surface area (Å²) >= 11 is 24.3. The van der Waals surface area contributed by atoms with Crippen LogP contribution in [-0.4, -0.2) is 151 Å². The van der Waals surface area contributed by atoms with Crippen molar-refractivity contribution in [3.05, 3.63) is 144 Å². The van der Waals surface area contributed by atoms with Gasteiger partial charge in [-0.1, -0.05) is 120 Å². The molecule has 2 N–H and O–H groups in total. The Morgan fingerprint density at radius 1 is 0.595 bits per heavy atom. The molecule has 79 heavy (non-hydrogen) atoms. The van der Waals surface area contributed by atoms with Gasteiger partial charge >= 0.3 is 41.9 Å². The van der Waals surface area contributed by atoms with Gasteiger partial charge in [0.2, 0.25) is 0 Å². The summed E-state index contributed by atoms with van der Waals surface area (Å²) in [6.07, 6.45) is -20.0. The Morgan fingerprint density at radius 3 is 1.68 bits per heavy atom. The summed E-state index contributed by atoms with van der Waals surface area (Å²) in [5, 5.41) is 4.93. The molecule has 422 valence electrons. The van der Waals surface area contributed by atoms with Crippen LogP contribution < -0.4 is 10.6 Å². The molecule has 0 unspecified atom stereocenters. The lowest BCUT2D eigenvalue weighted by Gasteiger charge is -2.49. The van der Waals surface area contributed by atoms with Crippen LogP contribution in [0.4, 0.5) is 4.79 Å². The number of hydrogen-bond donors (Lipinski definition) is 2. The third kappa shape index (κ3) is 18.1. The van der Waals surface area contributed by atoms with Crippen LogP contribution in [0, 0.1) is 0 Å². The van der Waals surface area contributed by atoms with Gasteiger partial charge in [0.15, 0.2) is 43.1 Å². The summed E-state index contributed by atoms with van der Waals surface area (Å²) in [5.74, 6) is -9.33. The minimum Gasteiger partial charge on any atom is -0.467 e. The zero-order valence-electron chi connectivity index (χ0n) is 41.9. The molecule has 10 atom stereocenters. The lowest BCUT2D eigenvalue weighted by atomic mass is 9.94. The first-order valence-electron chi connectivity index (χ1n) is 24.0. The van der Waals surface area contributed by atoms with Crippen molar-refractivity contribution < 1.29 is 95.3 Å². The molecule has 0 aliphatic carbocycles. The first-order valence-corrected chi connectivity index (χ1v) is 25.7. The largest absolute Gasteiger partial charge is 0.467 e. The SMILES string of the molecule is COC(=O)[C@H]1O[C@@H](O[C@@H]2[C@@H](NC(=O)C(Cl)(Cl)Cl)[C@H](OCCNC(=O)OCc3ccccc3)O[C@H](COC(=O)c3ccccc3)[C@@H]2OC(=O)CCl)[C@H](OC(=O)c2ccccc2)[C@@H](OC(=O)c2ccccc2)[C@@H]1OC(=O)CCC(C)=O. The second-order valence-corrected chi connectivity index (χ2v) is 19.7. The average Bonchev–Trinajstić information content (AvgIpc) is 3.47. The van der Waals surface area contributed by atoms with Crippen molar-refractivity contribution in [2.75, 3.05) is 32.7 Å². The van der Waals surface area contributed by atoms with Gasteiger partial charge in [-0.25, -0.2) is 24.0 Å². The summed E-state index contributed by atoms with van der Waals surface area (Å²) in [7, 11) is 0.937. The second kappa shape index (κ2) is 29.9. The minimum absolute atomic E-state index is 0.0754. The number of halogens is 4. The maximum atomic E-state index is 14.3. The molecule has 22 nitrogen and oxygen atoms in total. The Morgan fingerprint density at radius 2 is 1.14 bits per heavy atom. The number of alkyl halides is 4. The van der Waals surface area contributed by atoms with Gasteiger partial charge in [0.25, 0.3) is 9.70 Å². The number of Topliss-reactive ketones (excluding diaryl/α,β-unsaturated/α-hetero) is 1. The fraction of sp³-hybridized carbons (Fsp3) is 0.377. The fourth-order valence-corrected chi connectivity index (χ4v) is 7.99. The molecule has 6 rings (SSSR count). The zero-order valence-corrected chi connectivity index (χ0v) is 45.0. The van der Waals surface area contributed by atoms with Crippen LogP contribution in [0.1, 0.15) is 56.4 Å². The Hall–Kier alpha value is -6.89. The van der Waals surface area contributed by atoms with E-state index < -0.39 is 144 Å². The zero-order chi connectivity index (χ0) is 57.1. The topological polar surface area (TPSA) is 279 Å². The molecule has 0 spiro atoms. The van der Waals surface area contributed by atoms with Crippen LogP contribution in [0.2, 0.25) is 0 Å². The standard InChI is InChI=1S/C53H52Cl4N2O20/c1-30(60)23-24-36(61)74-41-42(76-46(64)33-19-11-5-12-20-33)44(77-47(65)34-21-13-6-14-22-34)50(79-43(41)48(66)69-2)78-40-38(59-51(67)53(55,56)57)49(70-26-25-58-52(68)72-28-31-15-7-3-8-16-31)73-35(39(40)75-37(62)27-54)29-71-45(63)32-17-9-4-10-18-32/h3-22,35,38-44,49-50H,23-29H2,1-2H3,(H,58,68)(H,59,67)/t35-,38-,39+,40-,41+,42+,43+,44-,49-,50-/m1/s1. The molecule has 0 saturated carbocycles. The molecule has 2 saturated heterocycles. The van der Waals surface area contributed by atoms with Crippen molar-refractivity contribution in [3.63, 3.8) is 0 Å². The number of carbonyl (C=O) groups is 9. The molecule has 2 fully saturated rings. The van der Waals surface area contributed by atoms with Gasteiger partial charge in [-0.2, -0.15) is 0 Å². The summed E-state index contributed by atoms with van der Waals surface area (Å²) in [6, 6.07) is 29.1. The molecule has 2 amide bonds. The predicted octanol–water partition coefficient (Wildman–Crippen LogP) is 5.53. The highest BCUT2D eigenvalue weighted by Gasteiger charge is 2.59. The lowest BCUT2D eigenvalue weighted by Crippen LogP contribution is -2.70. The number of rotatable bonds is 23. The van der Waals surface area contributed by atoms with Gasteiger partial charge < -0.3 is 67.5 Å². The van der Waals surface area contributed by atoms with Gasteiger partial charge in [-0.3, -0.25) is 14.4 Å². The molecule has 0 radical (unpaired) electrons. The molecule has 26 heteroatoms. The summed E-state index contributed by atoms with van der Waals surface area (Å²) in [5.41, 5.74) is 0.574. The van der Waals surface area contributed by atoms with Crippen molar-refractivity contribution in [1.29, 1.82) is 0 Å². The molecule has 0 bridgehead atoms. The van der Waals surface area contributed by atoms with E-state index in [1.54, 1.807) is 60.7 Å². The van der Waals surface area contributed by atoms with E-state index in [1.165, 1.54) is 67.6 Å². The van der Waals surface area contributed by atoms with Crippen LogP contribution in [0.15, 0.2) is 121 Å². The molecule has 2 heterocycles. The van der Waals surface area contributed by atoms with Gasteiger partial charge in [0.05, 0.1) is 36.8 Å². The van der Waals surface area contributed by atoms with E-state index in [1.807, 2.05) is 0 Å². The van der Waals surface area contributed by atoms with E-state index in [4.69, 9.17) is 98.5 Å². The van der Waals surface area contributed by atoms with Crippen molar-refractivity contribution >= 4 is 100 Å². The number of carbonyl (C=O) groups excluding carboxylic acids is 9. The third-order valence-corrected chi connectivity index (χ3v) is 12.2. The van der Waals surface area contributed by atoms with Crippen molar-refractivity contribution in [3.8, 4) is 0 Å². The monoisotopic (exact) mass is 1180 g/mol. The Bertz CT molecular complexity index is 2720. The van der Waals surface area contributed by atoms with Gasteiger partial charge in [0, 0.05) is 13.0 Å². The maximum Gasteiger partial charge on any atom is 0.407 e. The number of alkyl carbamates (subject to hydrolysis) is 1. The van der Waals surface area contributed by atoms with E-state index >= 15 is 0 Å². The predicted molar refractivity (Wildman–Crippen MR) is 275 cm³/mol. The molecular formula is C53H52Cl4N2O20. The minimum atomic E-state index is -2.76. The van der Waals surface area contributed by atoms with Crippen molar-refractivity contribution in [2.45, 2.75) is 91.5 Å². The number of benzene rings is 4. The highest BCUT2D eigenvalue weighted by atomic mass is 35.6. The van der Waals surface area contributed by atoms with Gasteiger partial charge in [-0.05, 0) is 48.9 Å². The highest BCUT2D eigenvalue weighted by Crippen LogP contribution is 2.37. The number of amides is 2. The number of nitrogens with one attached hydrogen (secondary N) is 2. The quantitative estimate of drug-likeness (QED) is 0.0399. The van der Waals surface area contributed by atoms with E-state index in [0.29, 0.717) is 5.56 Å². The lowest BCUT2D eigenvalue weighted by molar-refractivity contribution is -0.340. The van der Waals surface area contributed by atoms with Crippen molar-refractivity contribution in [2.24, 2.45) is 0 Å². The van der Waals surface area contributed by atoms with Crippen LogP contribution in [0.3, 0.4) is 0 Å². The highest BCUT2D eigenvalue weighted by molar-refractivity contribution is 6.76. The normalized spacial score (nSPS) is 22.6. The third-order valence-electron chi connectivity index (χ3n) is 11.5. The Labute approximate surface area is 471 Å². The van der Waals surface area contributed by atoms with Crippen LogP contribution in [0.5, 0.6) is 0 Å². The average molecular weight is 1180 g/mol. The van der Waals surface area contributed by atoms with E-state index in [9.17, 15) is 43.2 Å². The van der Waals surface area contributed by atoms with E-state index in [2.05, 4.69) is 10.6 Å². The number of hydrogen-bond acceptors (Lipinski definition) is 20. The first kappa shape index (κ1) is 61.3. The van der Waals surface area contributed by atoms with E-state index in [-0.39, 0.29) is 36.3 Å². The number of esters is 6. The molecule has 2 aliphatic rings. The van der Waals surface area contributed by atoms with Gasteiger partial charge in [-0.15, -0.1) is 11.6 Å². The number of ketones is 1. The first-order chi connectivity index (χ1) is 37.9. The molecule has 4 aromatic carbocycles. The summed E-state index contributed by atoms with van der Waals surface area (Å²) < 4.78 is 62.3. The van der Waals surface area contributed by atoms with Crippen LogP contribution >= 0.6 is 46.4 Å². The molecule has 0 aromatic heterocycles. The Kier molecular flexibility index (Phi) is 23.2. The van der Waals surface area contributed by atoms with Crippen molar-refractivity contribution in [1.82, 2.24) is 10.6 Å². The second-order valence-electron chi connectivity index (χ2n) is 17.1. The number of methoxy groups -OCH3 is 1. The van der Waals surface area contributed by atoms with Gasteiger partial charge in [0.1, 0.15) is 43.1 Å². The maximum absolute atomic E-state index is 14.3. The number of ether oxygens (including phenoxy) is 11. The smallest absolute Gasteiger partial charge is 0.407 e. The van der Waals surface area contributed by atoms with Crippen LogP contribution in [0.25, 0.3) is 0 Å². The van der Waals surface area contributed by atoms with E-state index in [0.717, 1.165) is 7.11 Å². The summed E-state index contributed by atoms with van der Waals surface area (Å²) in [4.78, 5) is 121. The fourth-order valence-electron chi connectivity index (χ4n) is 7.76. The Balaban J connectivity index is 1.48. The summed E-state index contributed by atoms with van der Waals surface area (Å²) in [6.45, 7) is -0.428.